The van der Waals surface area contributed by atoms with E-state index in [4.69, 9.17) is 0 Å². The van der Waals surface area contributed by atoms with Crippen LogP contribution < -0.4 is 0 Å². The maximum absolute atomic E-state index is 2.44. The van der Waals surface area contributed by atoms with Crippen molar-refractivity contribution in [3.05, 3.63) is 0 Å². The number of hydrogen-bond donors (Lipinski definition) is 0. The van der Waals surface area contributed by atoms with Gasteiger partial charge in [-0.15, -0.1) is 0 Å². The van der Waals surface area contributed by atoms with Crippen LogP contribution in [-0.2, 0) is 0 Å². The van der Waals surface area contributed by atoms with Crippen molar-refractivity contribution in [1.82, 2.24) is 0 Å². The molecule has 1 heteroatoms. The van der Waals surface area contributed by atoms with E-state index in [1.807, 2.05) is 13.8 Å². The van der Waals surface area contributed by atoms with Crippen LogP contribution in [0.5, 0.6) is 0 Å². The van der Waals surface area contributed by atoms with Gasteiger partial charge in [-0.1, -0.05) is 51.6 Å². The van der Waals surface area contributed by atoms with E-state index in [2.05, 4.69) is 6.55 Å². The Labute approximate surface area is 61.9 Å². The van der Waals surface area contributed by atoms with Crippen molar-refractivity contribution in [2.45, 2.75) is 51.6 Å². The average molecular weight is 144 g/mol. The molecule has 0 heterocycles. The van der Waals surface area contributed by atoms with Gasteiger partial charge in [-0.05, 0) is 0 Å². The first-order valence-corrected chi connectivity index (χ1v) is 6.66. The minimum Gasteiger partial charge on any atom is -0.0746 e. The molecule has 0 unspecified atom stereocenters. The molecule has 9 heavy (non-hydrogen) atoms. The molecule has 1 aliphatic rings. The molecule has 1 saturated carbocycles. The fraction of sp³-hybridized carbons (Fsp3) is 1.00. The van der Waals surface area contributed by atoms with E-state index in [0.717, 1.165) is 0 Å². The lowest BCUT2D eigenvalue weighted by molar-refractivity contribution is 0.869. The molecule has 0 nitrogen and oxygen atoms in total. The van der Waals surface area contributed by atoms with Crippen molar-refractivity contribution < 1.29 is 0 Å². The fourth-order valence-corrected chi connectivity index (χ4v) is 2.81. The lowest BCUT2D eigenvalue weighted by Gasteiger charge is -1.98. The molecule has 0 aromatic carbocycles. The first-order chi connectivity index (χ1) is 4.43. The second kappa shape index (κ2) is 6.34. The molecule has 56 valence electrons. The van der Waals surface area contributed by atoms with Crippen molar-refractivity contribution in [3.8, 4) is 0 Å². The van der Waals surface area contributed by atoms with Gasteiger partial charge in [0, 0.05) is 9.52 Å². The molecule has 1 aliphatic carbocycles. The first kappa shape index (κ1) is 9.22. The van der Waals surface area contributed by atoms with Crippen LogP contribution in [0.1, 0.15) is 39.5 Å². The van der Waals surface area contributed by atoms with Crippen LogP contribution in [0.4, 0.5) is 0 Å². The van der Waals surface area contributed by atoms with Gasteiger partial charge in [0.1, 0.15) is 0 Å². The summed E-state index contributed by atoms with van der Waals surface area (Å²) in [6.45, 7) is 6.44. The zero-order valence-corrected chi connectivity index (χ0v) is 8.53. The first-order valence-electron chi connectivity index (χ1n) is 4.43. The van der Waals surface area contributed by atoms with Gasteiger partial charge in [0.25, 0.3) is 0 Å². The molecule has 0 radical (unpaired) electrons. The Morgan fingerprint density at radius 2 is 1.56 bits per heavy atom. The molecule has 0 bridgehead atoms. The van der Waals surface area contributed by atoms with Crippen LogP contribution in [-0.4, -0.2) is 9.52 Å². The van der Waals surface area contributed by atoms with Crippen LogP contribution in [0.3, 0.4) is 0 Å². The smallest absolute Gasteiger partial charge is 0.0201 e. The van der Waals surface area contributed by atoms with E-state index in [1.165, 1.54) is 18.4 Å². The number of hydrogen-bond acceptors (Lipinski definition) is 0. The summed E-state index contributed by atoms with van der Waals surface area (Å²) in [6.07, 6.45) is 6.21. The average Bonchev–Trinajstić information content (AvgIpc) is 2.43. The minimum atomic E-state index is 0.390. The van der Waals surface area contributed by atoms with Gasteiger partial charge in [0.15, 0.2) is 0 Å². The Bertz CT molecular complexity index is 46.5. The van der Waals surface area contributed by atoms with Crippen molar-refractivity contribution in [1.29, 1.82) is 0 Å². The third-order valence-electron chi connectivity index (χ3n) is 2.05. The molecule has 0 N–H and O–H groups in total. The van der Waals surface area contributed by atoms with E-state index in [1.54, 1.807) is 12.8 Å². The minimum absolute atomic E-state index is 0.390. The summed E-state index contributed by atoms with van der Waals surface area (Å²) in [5, 5.41) is 0. The lowest BCUT2D eigenvalue weighted by Crippen LogP contribution is -1.90. The quantitative estimate of drug-likeness (QED) is 0.496. The molecule has 1 fully saturated rings. The Kier molecular flexibility index (Phi) is 6.49. The molecule has 1 rings (SSSR count). The van der Waals surface area contributed by atoms with Crippen LogP contribution in [0, 0.1) is 0 Å². The Balaban J connectivity index is 0.000000291. The standard InChI is InChI=1S/C6H14Si.C2H6/c1-7-6-4-2-3-5-6;1-2/h6H,2-5,7H2,1H3;1-2H3. The third-order valence-corrected chi connectivity index (χ3v) is 4.02. The zero-order valence-electron chi connectivity index (χ0n) is 7.11. The summed E-state index contributed by atoms with van der Waals surface area (Å²) in [5.41, 5.74) is 1.24. The Morgan fingerprint density at radius 1 is 1.11 bits per heavy atom. The molecular formula is C8H20Si. The van der Waals surface area contributed by atoms with Crippen molar-refractivity contribution in [2.75, 3.05) is 0 Å². The van der Waals surface area contributed by atoms with E-state index >= 15 is 0 Å². The molecule has 0 atom stereocenters. The third kappa shape index (κ3) is 3.74. The highest BCUT2D eigenvalue weighted by molar-refractivity contribution is 6.35. The van der Waals surface area contributed by atoms with Gasteiger partial charge in [-0.3, -0.25) is 0 Å². The summed E-state index contributed by atoms with van der Waals surface area (Å²) < 4.78 is 0. The summed E-state index contributed by atoms with van der Waals surface area (Å²) >= 11 is 0. The van der Waals surface area contributed by atoms with Gasteiger partial charge in [-0.25, -0.2) is 0 Å². The van der Waals surface area contributed by atoms with Crippen molar-refractivity contribution in [3.63, 3.8) is 0 Å². The van der Waals surface area contributed by atoms with Gasteiger partial charge in [-0.2, -0.15) is 0 Å². The molecule has 0 aliphatic heterocycles. The maximum atomic E-state index is 2.44. The molecule has 0 spiro atoms. The highest BCUT2D eigenvalue weighted by atomic mass is 28.2. The van der Waals surface area contributed by atoms with Crippen molar-refractivity contribution in [2.24, 2.45) is 0 Å². The van der Waals surface area contributed by atoms with Crippen LogP contribution in [0.15, 0.2) is 0 Å². The summed E-state index contributed by atoms with van der Waals surface area (Å²) in [4.78, 5) is 0. The predicted octanol–water partition coefficient (Wildman–Crippen LogP) is 2.59. The molecule has 0 amide bonds. The second-order valence-corrected chi connectivity index (χ2v) is 4.53. The second-order valence-electron chi connectivity index (χ2n) is 2.56. The monoisotopic (exact) mass is 144 g/mol. The van der Waals surface area contributed by atoms with E-state index in [0.29, 0.717) is 9.52 Å². The topological polar surface area (TPSA) is 0 Å². The number of rotatable bonds is 1. The molecular weight excluding hydrogens is 124 g/mol. The lowest BCUT2D eigenvalue weighted by atomic mass is 10.4. The summed E-state index contributed by atoms with van der Waals surface area (Å²) in [5.74, 6) is 0. The SMILES string of the molecule is CC.C[SiH2]C1CCCC1. The van der Waals surface area contributed by atoms with Gasteiger partial charge >= 0.3 is 0 Å². The van der Waals surface area contributed by atoms with Gasteiger partial charge in [0.05, 0.1) is 0 Å². The Hall–Kier alpha value is 0.217. The van der Waals surface area contributed by atoms with E-state index < -0.39 is 0 Å². The zero-order chi connectivity index (χ0) is 7.11. The maximum Gasteiger partial charge on any atom is 0.0201 e. The van der Waals surface area contributed by atoms with Crippen LogP contribution in [0.25, 0.3) is 0 Å². The predicted molar refractivity (Wildman–Crippen MR) is 48.0 cm³/mol. The summed E-state index contributed by atoms with van der Waals surface area (Å²) in [6, 6.07) is 0. The highest BCUT2D eigenvalue weighted by Crippen LogP contribution is 2.28. The molecule has 0 aromatic heterocycles. The van der Waals surface area contributed by atoms with Crippen molar-refractivity contribution >= 4 is 9.52 Å². The molecule has 0 aromatic rings. The fourth-order valence-electron chi connectivity index (χ4n) is 1.42. The van der Waals surface area contributed by atoms with Gasteiger partial charge < -0.3 is 0 Å². The largest absolute Gasteiger partial charge is 0.0746 e. The normalized spacial score (nSPS) is 20.3. The highest BCUT2D eigenvalue weighted by Gasteiger charge is 2.11. The van der Waals surface area contributed by atoms with Gasteiger partial charge in [0.2, 0.25) is 0 Å². The summed E-state index contributed by atoms with van der Waals surface area (Å²) in [7, 11) is 0.390. The van der Waals surface area contributed by atoms with E-state index in [9.17, 15) is 0 Å². The Morgan fingerprint density at radius 3 is 1.78 bits per heavy atom. The van der Waals surface area contributed by atoms with Crippen LogP contribution >= 0.6 is 0 Å². The van der Waals surface area contributed by atoms with Crippen LogP contribution in [0.2, 0.25) is 12.1 Å². The van der Waals surface area contributed by atoms with E-state index in [-0.39, 0.29) is 0 Å². The molecule has 0 saturated heterocycles.